The van der Waals surface area contributed by atoms with Crippen LogP contribution in [0.5, 0.6) is 0 Å². The van der Waals surface area contributed by atoms with Gasteiger partial charge in [-0.1, -0.05) is 282 Å². The second-order valence-corrected chi connectivity index (χ2v) is 37.8. The van der Waals surface area contributed by atoms with Crippen LogP contribution in [0, 0.1) is 78.4 Å². The Morgan fingerprint density at radius 3 is 0.813 bits per heavy atom. The van der Waals surface area contributed by atoms with Gasteiger partial charge in [-0.25, -0.2) is 9.59 Å². The Balaban J connectivity index is 0.000000244. The molecule has 0 saturated heterocycles. The molecule has 0 aliphatic rings. The number of carbonyl (C=O) groups is 4. The van der Waals surface area contributed by atoms with Crippen molar-refractivity contribution in [1.82, 2.24) is 39.1 Å². The fourth-order valence-corrected chi connectivity index (χ4v) is 14.2. The first-order chi connectivity index (χ1) is 62.4. The van der Waals surface area contributed by atoms with Crippen molar-refractivity contribution in [3.8, 4) is 24.3 Å². The topological polar surface area (TPSA) is 309 Å². The van der Waals surface area contributed by atoms with Gasteiger partial charge < -0.3 is 37.9 Å². The third kappa shape index (κ3) is 28.3. The van der Waals surface area contributed by atoms with Crippen molar-refractivity contribution in [3.63, 3.8) is 0 Å². The molecule has 0 amide bonds. The molecular weight excluding hydrogens is 1800 g/mol. The van der Waals surface area contributed by atoms with Crippen LogP contribution in [0.15, 0.2) is 158 Å². The molecule has 10 rings (SSSR count). The molecule has 4 heterocycles. The molecule has 0 bridgehead atoms. The minimum atomic E-state index is -5.19. The Morgan fingerprint density at radius 1 is 0.351 bits per heavy atom. The van der Waals surface area contributed by atoms with E-state index in [0.717, 1.165) is 34.7 Å². The summed E-state index contributed by atoms with van der Waals surface area (Å²) in [4.78, 5) is 48.8. The molecule has 0 aliphatic heterocycles. The number of allylic oxidation sites excluding steroid dienone is 4. The van der Waals surface area contributed by atoms with Gasteiger partial charge in [0.05, 0.1) is 60.3 Å². The lowest BCUT2D eigenvalue weighted by molar-refractivity contribution is -0.216. The van der Waals surface area contributed by atoms with Crippen LogP contribution >= 0.6 is 46.4 Å². The van der Waals surface area contributed by atoms with Crippen molar-refractivity contribution in [1.29, 1.82) is 21.0 Å². The van der Waals surface area contributed by atoms with E-state index >= 15 is 0 Å². The number of aromatic nitrogens is 8. The molecule has 4 aromatic heterocycles. The van der Waals surface area contributed by atoms with Crippen LogP contribution in [0.25, 0.3) is 45.3 Å². The SMILES string of the molecule is CCC(C)(C)C(=O)OC(C)O/C(=C(/C#N)c1ccc(C(C)(C)C)cc1)c1c(Cl)c(C)nn1C.Cc1nn(C)c(/C(OC(C)OC(=O)C(F)(F)F)=C(\C#N)c2ccc(C(C)(C)C)cc2)c1Cl.Cc1nn(C)c(/C(OC(C)OC(=O)Cc2ccccc2)=C(\C#N)c2ccc(C(C)(C)C)cc2)c1Cl.Cc1nn(C)c(/C(OC(C)OC(=O)c2ccccc2)=C(\C#N)c2ccc(C(C)(C)C)cc2)c1Cl. The van der Waals surface area contributed by atoms with E-state index in [0.29, 0.717) is 89.2 Å². The number of nitrogens with zero attached hydrogens (tertiary/aromatic N) is 12. The van der Waals surface area contributed by atoms with Gasteiger partial charge in [-0.15, -0.1) is 0 Å². The highest BCUT2D eigenvalue weighted by molar-refractivity contribution is 6.34. The average molecular weight is 1910 g/mol. The predicted molar refractivity (Wildman–Crippen MR) is 515 cm³/mol. The van der Waals surface area contributed by atoms with E-state index in [1.807, 2.05) is 169 Å². The van der Waals surface area contributed by atoms with Gasteiger partial charge in [0.15, 0.2) is 23.0 Å². The Hall–Kier alpha value is -12.9. The van der Waals surface area contributed by atoms with Gasteiger partial charge >= 0.3 is 30.1 Å². The first-order valence-corrected chi connectivity index (χ1v) is 44.4. The number of aryl methyl sites for hydroxylation is 8. The van der Waals surface area contributed by atoms with Crippen LogP contribution in [0.3, 0.4) is 0 Å². The number of ether oxygens (including phenoxy) is 8. The minimum Gasteiger partial charge on any atom is -0.451 e. The second kappa shape index (κ2) is 45.7. The highest BCUT2D eigenvalue weighted by Gasteiger charge is 2.43. The molecule has 0 saturated carbocycles. The monoisotopic (exact) mass is 1910 g/mol. The summed E-state index contributed by atoms with van der Waals surface area (Å²) in [7, 11) is 6.71. The summed E-state index contributed by atoms with van der Waals surface area (Å²) < 4.78 is 88.5. The zero-order chi connectivity index (χ0) is 100. The van der Waals surface area contributed by atoms with Crippen LogP contribution in [0.4, 0.5) is 13.2 Å². The molecule has 0 fully saturated rings. The van der Waals surface area contributed by atoms with Gasteiger partial charge in [-0.2, -0.15) is 54.6 Å². The minimum absolute atomic E-state index is 0.00901. The zero-order valence-electron chi connectivity index (χ0n) is 80.6. The van der Waals surface area contributed by atoms with Crippen molar-refractivity contribution in [2.45, 2.75) is 225 Å². The smallest absolute Gasteiger partial charge is 0.451 e. The Kier molecular flexibility index (Phi) is 36.9. The second-order valence-electron chi connectivity index (χ2n) is 36.3. The number of benzene rings is 6. The molecule has 708 valence electrons. The highest BCUT2D eigenvalue weighted by atomic mass is 35.5. The number of hydrogen-bond donors (Lipinski definition) is 0. The molecule has 6 aromatic carbocycles. The van der Waals surface area contributed by atoms with E-state index in [-0.39, 0.29) is 90.1 Å². The first-order valence-electron chi connectivity index (χ1n) is 42.9. The number of halogens is 7. The number of nitriles is 4. The predicted octanol–water partition coefficient (Wildman–Crippen LogP) is 24.5. The molecule has 4 atom stereocenters. The molecule has 4 unspecified atom stereocenters. The molecule has 0 aliphatic carbocycles. The summed E-state index contributed by atoms with van der Waals surface area (Å²) in [6, 6.07) is 57.0. The summed E-state index contributed by atoms with van der Waals surface area (Å²) in [6.07, 6.45) is -9.03. The van der Waals surface area contributed by atoms with Gasteiger partial charge in [0, 0.05) is 55.9 Å². The van der Waals surface area contributed by atoms with Crippen molar-refractivity contribution in [3.05, 3.63) is 279 Å². The maximum Gasteiger partial charge on any atom is 0.491 e. The van der Waals surface area contributed by atoms with E-state index < -0.39 is 54.7 Å². The van der Waals surface area contributed by atoms with E-state index in [1.165, 1.54) is 4.68 Å². The molecule has 0 spiro atoms. The maximum absolute atomic E-state index is 12.6. The molecule has 10 aromatic rings. The molecule has 134 heavy (non-hydrogen) atoms. The first kappa shape index (κ1) is 108. The van der Waals surface area contributed by atoms with Crippen molar-refractivity contribution >= 4 is 116 Å². The molecule has 24 nitrogen and oxygen atoms in total. The van der Waals surface area contributed by atoms with E-state index in [9.17, 15) is 53.4 Å². The van der Waals surface area contributed by atoms with E-state index in [1.54, 1.807) is 127 Å². The Morgan fingerprint density at radius 2 is 0.590 bits per heavy atom. The highest BCUT2D eigenvalue weighted by Crippen LogP contribution is 2.42. The summed E-state index contributed by atoms with van der Waals surface area (Å²) in [6.45, 7) is 43.7. The lowest BCUT2D eigenvalue weighted by atomic mass is 9.86. The third-order valence-electron chi connectivity index (χ3n) is 21.1. The fraction of sp³-hybridized carbons (Fsp3) is 0.379. The van der Waals surface area contributed by atoms with Gasteiger partial charge in [-0.05, 0) is 132 Å². The molecule has 0 N–H and O–H groups in total. The van der Waals surface area contributed by atoms with Gasteiger partial charge in [0.25, 0.3) is 0 Å². The lowest BCUT2D eigenvalue weighted by Gasteiger charge is -2.25. The molecule has 0 radical (unpaired) electrons. The van der Waals surface area contributed by atoms with Crippen LogP contribution in [0.1, 0.15) is 244 Å². The number of alkyl halides is 3. The van der Waals surface area contributed by atoms with E-state index in [4.69, 9.17) is 79.6 Å². The summed E-state index contributed by atoms with van der Waals surface area (Å²) in [5.74, 6) is -3.33. The lowest BCUT2D eigenvalue weighted by Crippen LogP contribution is -2.30. The van der Waals surface area contributed by atoms with Crippen molar-refractivity contribution < 1.29 is 70.2 Å². The quantitative estimate of drug-likeness (QED) is 0.0169. The fourth-order valence-electron chi connectivity index (χ4n) is 13.2. The van der Waals surface area contributed by atoms with Gasteiger partial charge in [-0.3, -0.25) is 28.3 Å². The number of esters is 4. The summed E-state index contributed by atoms with van der Waals surface area (Å²) >= 11 is 26.0. The zero-order valence-corrected chi connectivity index (χ0v) is 83.7. The van der Waals surface area contributed by atoms with Crippen LogP contribution in [0.2, 0.25) is 20.1 Å². The normalized spacial score (nSPS) is 13.4. The number of carbonyl (C=O) groups excluding carboxylic acids is 4. The van der Waals surface area contributed by atoms with Gasteiger partial charge in [0.1, 0.15) is 69.3 Å². The standard InChI is InChI=1S/C28H30ClN3O3.C27H28ClN3O3.C26H34ClN3O3.C22H23ClF3N3O3/c1-18-25(29)26(32(6)31-18)27(23(17-30)21-12-14-22(15-13-21)28(3,4)5)35-19(2)34-24(33)16-20-10-8-7-9-11-20;1-17-23(28)24(31(6)30-17)25(33-18(2)34-26(32)20-10-8-7-9-11-20)22(16-29)19-12-14-21(15-13-19)27(3,4)5;1-10-26(7,8)24(31)33-17(3)32-23(22-21(27)16(2)29-30(22)9)20(15-28)18-11-13-19(14-12-18)25(4,5)6;1-12-17(23)18(29(6)28-12)19(31-13(2)32-20(30)22(24,25)26)16(11-27)14-7-9-15(10-8-14)21(3,4)5/h7-15,19H,16H2,1-6H3;7-15,18H,1-6H3;11-14,17H,10H2,1-9H3;7-10,13H,1-6H3/b27-23-;25-22-;23-20-;19-16-. The van der Waals surface area contributed by atoms with Crippen LogP contribution in [-0.2, 0) is 109 Å². The molecular formula is C103H115Cl4F3N12O12. The number of rotatable bonds is 25. The largest absolute Gasteiger partial charge is 0.491 e. The number of hydrogen-bond acceptors (Lipinski definition) is 20. The third-order valence-corrected chi connectivity index (χ3v) is 22.9. The van der Waals surface area contributed by atoms with Crippen LogP contribution in [-0.4, -0.2) is 94.3 Å². The van der Waals surface area contributed by atoms with Gasteiger partial charge in [0.2, 0.25) is 25.2 Å². The van der Waals surface area contributed by atoms with Crippen molar-refractivity contribution in [2.24, 2.45) is 33.6 Å². The maximum atomic E-state index is 12.6. The Labute approximate surface area is 803 Å². The average Bonchev–Trinajstić information content (AvgIpc) is 1.63. The summed E-state index contributed by atoms with van der Waals surface area (Å²) in [5.41, 5.74) is 11.7. The van der Waals surface area contributed by atoms with Crippen molar-refractivity contribution in [2.75, 3.05) is 0 Å². The van der Waals surface area contributed by atoms with Crippen LogP contribution < -0.4 is 0 Å². The Bertz CT molecular complexity index is 6170. The summed E-state index contributed by atoms with van der Waals surface area (Å²) in [5, 5.41) is 58.8. The van der Waals surface area contributed by atoms with E-state index in [2.05, 4.69) is 106 Å². The molecule has 31 heteroatoms.